The third kappa shape index (κ3) is 3.67. The number of ketones is 1. The Morgan fingerprint density at radius 3 is 2.05 bits per heavy atom. The van der Waals surface area contributed by atoms with E-state index in [-0.39, 0.29) is 0 Å². The fourth-order valence-electron chi connectivity index (χ4n) is 1.57. The molecule has 0 radical (unpaired) electrons. The van der Waals surface area contributed by atoms with Crippen molar-refractivity contribution in [3.8, 4) is 11.5 Å². The molecule has 1 N–H and O–H groups in total. The third-order valence-corrected chi connectivity index (χ3v) is 2.47. The van der Waals surface area contributed by atoms with Crippen molar-refractivity contribution < 1.29 is 19.4 Å². The van der Waals surface area contributed by atoms with Crippen molar-refractivity contribution in [2.45, 2.75) is 6.42 Å². The molecule has 0 aliphatic rings. The second kappa shape index (κ2) is 5.82. The molecule has 0 aliphatic carbocycles. The number of hydrogen-bond donors (Lipinski definition) is 1. The van der Waals surface area contributed by atoms with Gasteiger partial charge in [-0.05, 0) is 36.4 Å². The van der Waals surface area contributed by atoms with Crippen LogP contribution < -0.4 is 4.74 Å². The van der Waals surface area contributed by atoms with Crippen molar-refractivity contribution in [1.82, 2.24) is 0 Å². The van der Waals surface area contributed by atoms with Gasteiger partial charge in [-0.3, -0.25) is 9.59 Å². The van der Waals surface area contributed by atoms with Crippen molar-refractivity contribution >= 4 is 11.8 Å². The molecule has 2 rings (SSSR count). The number of hydrogen-bond acceptors (Lipinski definition) is 3. The molecule has 0 heterocycles. The van der Waals surface area contributed by atoms with Gasteiger partial charge in [0.05, 0.1) is 0 Å². The lowest BCUT2D eigenvalue weighted by atomic mass is 10.1. The first-order valence-corrected chi connectivity index (χ1v) is 5.73. The van der Waals surface area contributed by atoms with Crippen molar-refractivity contribution in [2.75, 3.05) is 0 Å². The zero-order valence-electron chi connectivity index (χ0n) is 10.1. The van der Waals surface area contributed by atoms with E-state index in [9.17, 15) is 9.59 Å². The van der Waals surface area contributed by atoms with Crippen LogP contribution in [-0.4, -0.2) is 16.9 Å². The predicted molar refractivity (Wildman–Crippen MR) is 69.5 cm³/mol. The van der Waals surface area contributed by atoms with E-state index in [1.165, 1.54) is 0 Å². The average Bonchev–Trinajstić information content (AvgIpc) is 2.40. The zero-order valence-corrected chi connectivity index (χ0v) is 10.1. The van der Waals surface area contributed by atoms with Gasteiger partial charge in [0.15, 0.2) is 5.78 Å². The molecular formula is C15H12O4. The summed E-state index contributed by atoms with van der Waals surface area (Å²) in [4.78, 5) is 21.9. The zero-order chi connectivity index (χ0) is 13.7. The summed E-state index contributed by atoms with van der Waals surface area (Å²) in [6.45, 7) is 0. The van der Waals surface area contributed by atoms with Crippen LogP contribution in [0.2, 0.25) is 0 Å². The Morgan fingerprint density at radius 1 is 0.895 bits per heavy atom. The number of benzene rings is 2. The highest BCUT2D eigenvalue weighted by atomic mass is 16.5. The first-order valence-electron chi connectivity index (χ1n) is 5.73. The lowest BCUT2D eigenvalue weighted by Crippen LogP contribution is -2.06. The number of aliphatic carboxylic acids is 1. The number of carbonyl (C=O) groups is 2. The maximum Gasteiger partial charge on any atom is 0.311 e. The van der Waals surface area contributed by atoms with Crippen molar-refractivity contribution in [3.63, 3.8) is 0 Å². The van der Waals surface area contributed by atoms with Crippen LogP contribution in [0.1, 0.15) is 16.8 Å². The molecule has 4 heteroatoms. The van der Waals surface area contributed by atoms with Crippen LogP contribution in [0.5, 0.6) is 11.5 Å². The number of carboxylic acid groups (broad SMARTS) is 1. The summed E-state index contributed by atoms with van der Waals surface area (Å²) in [7, 11) is 0. The van der Waals surface area contributed by atoms with Gasteiger partial charge < -0.3 is 9.84 Å². The van der Waals surface area contributed by atoms with Crippen LogP contribution >= 0.6 is 0 Å². The van der Waals surface area contributed by atoms with E-state index < -0.39 is 18.2 Å². The maximum atomic E-state index is 11.5. The fourth-order valence-corrected chi connectivity index (χ4v) is 1.57. The van der Waals surface area contributed by atoms with Gasteiger partial charge in [0.2, 0.25) is 0 Å². The number of para-hydroxylation sites is 1. The van der Waals surface area contributed by atoms with E-state index in [4.69, 9.17) is 9.84 Å². The summed E-state index contributed by atoms with van der Waals surface area (Å²) in [5, 5.41) is 8.55. The topological polar surface area (TPSA) is 63.6 Å². The highest BCUT2D eigenvalue weighted by molar-refractivity contribution is 6.05. The first kappa shape index (κ1) is 12.8. The molecule has 0 spiro atoms. The smallest absolute Gasteiger partial charge is 0.311 e. The SMILES string of the molecule is O=C(O)CC(=O)c1ccc(Oc2ccccc2)cc1. The minimum atomic E-state index is -1.13. The second-order valence-corrected chi connectivity index (χ2v) is 3.93. The van der Waals surface area contributed by atoms with Crippen LogP contribution in [-0.2, 0) is 4.79 Å². The number of ether oxygens (including phenoxy) is 1. The van der Waals surface area contributed by atoms with Crippen molar-refractivity contribution in [3.05, 3.63) is 60.2 Å². The summed E-state index contributed by atoms with van der Waals surface area (Å²) in [6.07, 6.45) is -0.501. The highest BCUT2D eigenvalue weighted by Crippen LogP contribution is 2.21. The summed E-state index contributed by atoms with van der Waals surface area (Å²) < 4.78 is 5.57. The Bertz CT molecular complexity index is 573. The van der Waals surface area contributed by atoms with Gasteiger partial charge in [-0.15, -0.1) is 0 Å². The van der Waals surface area contributed by atoms with Gasteiger partial charge >= 0.3 is 5.97 Å². The average molecular weight is 256 g/mol. The van der Waals surface area contributed by atoms with Gasteiger partial charge in [-0.2, -0.15) is 0 Å². The van der Waals surface area contributed by atoms with Gasteiger partial charge in [0.1, 0.15) is 17.9 Å². The van der Waals surface area contributed by atoms with E-state index in [2.05, 4.69) is 0 Å². The summed E-state index contributed by atoms with van der Waals surface area (Å²) in [6, 6.07) is 15.7. The summed E-state index contributed by atoms with van der Waals surface area (Å²) >= 11 is 0. The van der Waals surface area contributed by atoms with E-state index >= 15 is 0 Å². The molecule has 19 heavy (non-hydrogen) atoms. The Hall–Kier alpha value is -2.62. The van der Waals surface area contributed by atoms with Crippen LogP contribution in [0.4, 0.5) is 0 Å². The molecular weight excluding hydrogens is 244 g/mol. The van der Waals surface area contributed by atoms with Gasteiger partial charge in [-0.25, -0.2) is 0 Å². The van der Waals surface area contributed by atoms with Crippen LogP contribution in [0, 0.1) is 0 Å². The highest BCUT2D eigenvalue weighted by Gasteiger charge is 2.10. The van der Waals surface area contributed by atoms with Crippen LogP contribution in [0.3, 0.4) is 0 Å². The fraction of sp³-hybridized carbons (Fsp3) is 0.0667. The van der Waals surface area contributed by atoms with Gasteiger partial charge in [0, 0.05) is 5.56 Å². The number of carbonyl (C=O) groups excluding carboxylic acids is 1. The Balaban J connectivity index is 2.06. The molecule has 0 unspecified atom stereocenters. The number of rotatable bonds is 5. The summed E-state index contributed by atoms with van der Waals surface area (Å²) in [5.41, 5.74) is 0.364. The normalized spacial score (nSPS) is 9.89. The largest absolute Gasteiger partial charge is 0.481 e. The molecule has 0 aliphatic heterocycles. The van der Waals surface area contributed by atoms with Crippen molar-refractivity contribution in [1.29, 1.82) is 0 Å². The molecule has 96 valence electrons. The van der Waals surface area contributed by atoms with Crippen LogP contribution in [0.15, 0.2) is 54.6 Å². The van der Waals surface area contributed by atoms with E-state index in [0.29, 0.717) is 17.1 Å². The lowest BCUT2D eigenvalue weighted by molar-refractivity contribution is -0.135. The molecule has 0 saturated carbocycles. The molecule has 2 aromatic carbocycles. The Kier molecular flexibility index (Phi) is 3.93. The molecule has 0 fully saturated rings. The minimum absolute atomic E-state index is 0.364. The molecule has 0 bridgehead atoms. The summed E-state index contributed by atoms with van der Waals surface area (Å²) in [5.74, 6) is -0.251. The predicted octanol–water partition coefficient (Wildman–Crippen LogP) is 3.14. The van der Waals surface area contributed by atoms with Crippen LogP contribution in [0.25, 0.3) is 0 Å². The van der Waals surface area contributed by atoms with Crippen molar-refractivity contribution in [2.24, 2.45) is 0 Å². The monoisotopic (exact) mass is 256 g/mol. The van der Waals surface area contributed by atoms with E-state index in [1.807, 2.05) is 30.3 Å². The molecule has 0 atom stereocenters. The number of carboxylic acids is 1. The Morgan fingerprint density at radius 2 is 1.47 bits per heavy atom. The lowest BCUT2D eigenvalue weighted by Gasteiger charge is -2.05. The first-order chi connectivity index (χ1) is 9.15. The van der Waals surface area contributed by atoms with E-state index in [1.54, 1.807) is 24.3 Å². The molecule has 0 aromatic heterocycles. The number of Topliss-reactive ketones (excluding diaryl/α,β-unsaturated/α-hetero) is 1. The molecule has 4 nitrogen and oxygen atoms in total. The molecule has 0 saturated heterocycles. The van der Waals surface area contributed by atoms with Gasteiger partial charge in [-0.1, -0.05) is 18.2 Å². The second-order valence-electron chi connectivity index (χ2n) is 3.93. The molecule has 2 aromatic rings. The third-order valence-electron chi connectivity index (χ3n) is 2.47. The standard InChI is InChI=1S/C15H12O4/c16-14(10-15(17)18)11-6-8-13(9-7-11)19-12-4-2-1-3-5-12/h1-9H,10H2,(H,17,18). The minimum Gasteiger partial charge on any atom is -0.481 e. The maximum absolute atomic E-state index is 11.5. The quantitative estimate of drug-likeness (QED) is 0.659. The van der Waals surface area contributed by atoms with E-state index in [0.717, 1.165) is 0 Å². The Labute approximate surface area is 110 Å². The molecule has 0 amide bonds. The van der Waals surface area contributed by atoms with Gasteiger partial charge in [0.25, 0.3) is 0 Å².